The van der Waals surface area contributed by atoms with Crippen molar-refractivity contribution in [2.45, 2.75) is 0 Å². The van der Waals surface area contributed by atoms with E-state index in [1.807, 2.05) is 121 Å². The number of pyridine rings is 2. The van der Waals surface area contributed by atoms with Gasteiger partial charge in [-0.25, -0.2) is 4.98 Å². The number of hydrogen-bond acceptors (Lipinski definition) is 3. The van der Waals surface area contributed by atoms with Crippen LogP contribution in [0.25, 0.3) is 99.2 Å². The van der Waals surface area contributed by atoms with E-state index >= 15 is 0 Å². The van der Waals surface area contributed by atoms with Crippen molar-refractivity contribution in [2.24, 2.45) is 0 Å². The highest BCUT2D eigenvalue weighted by molar-refractivity contribution is 6.10. The summed E-state index contributed by atoms with van der Waals surface area (Å²) in [4.78, 5) is 9.57. The molecular weight excluding hydrogens is 597 g/mol. The lowest BCUT2D eigenvalue weighted by molar-refractivity contribution is 0.599. The lowest BCUT2D eigenvalue weighted by atomic mass is 9.91. The van der Waals surface area contributed by atoms with Gasteiger partial charge in [0.1, 0.15) is 11.5 Å². The number of fused-ring (bicyclic) bond motifs is 6. The summed E-state index contributed by atoms with van der Waals surface area (Å²) in [6.07, 6.45) is 1.69. The van der Waals surface area contributed by atoms with Gasteiger partial charge in [-0.3, -0.25) is 4.98 Å². The normalized spacial score (nSPS) is 13.4. The van der Waals surface area contributed by atoms with E-state index in [1.165, 1.54) is 0 Å². The molecule has 0 atom stereocenters. The summed E-state index contributed by atoms with van der Waals surface area (Å²) in [6, 6.07) is 39.0. The first-order valence-electron chi connectivity index (χ1n) is 19.1. The molecule has 0 amide bonds. The van der Waals surface area contributed by atoms with Gasteiger partial charge in [-0.1, -0.05) is 145 Å². The monoisotopic (exact) mass is 630 g/mol. The van der Waals surface area contributed by atoms with E-state index in [-0.39, 0.29) is 46.1 Å². The molecule has 7 aromatic carbocycles. The van der Waals surface area contributed by atoms with Crippen LogP contribution in [0, 0.1) is 0 Å². The van der Waals surface area contributed by atoms with Gasteiger partial charge < -0.3 is 4.42 Å². The molecule has 3 heteroatoms. The molecule has 49 heavy (non-hydrogen) atoms. The van der Waals surface area contributed by atoms with Crippen molar-refractivity contribution in [3.05, 3.63) is 170 Å². The van der Waals surface area contributed by atoms with Crippen LogP contribution in [0.2, 0.25) is 0 Å². The maximum absolute atomic E-state index is 9.74. The Morgan fingerprint density at radius 3 is 1.86 bits per heavy atom. The summed E-state index contributed by atoms with van der Waals surface area (Å²) in [5, 5.41) is 5.82. The van der Waals surface area contributed by atoms with Gasteiger partial charge in [0.2, 0.25) is 0 Å². The van der Waals surface area contributed by atoms with Crippen LogP contribution in [-0.4, -0.2) is 9.97 Å². The predicted molar refractivity (Wildman–Crippen MR) is 204 cm³/mol. The van der Waals surface area contributed by atoms with Crippen LogP contribution in [0.5, 0.6) is 0 Å². The second kappa shape index (κ2) is 11.0. The molecule has 0 spiro atoms. The minimum atomic E-state index is -0.437. The number of aromatic nitrogens is 2. The first-order valence-corrected chi connectivity index (χ1v) is 16.1. The van der Waals surface area contributed by atoms with Crippen LogP contribution in [-0.2, 0) is 0 Å². The third-order valence-electron chi connectivity index (χ3n) is 9.28. The largest absolute Gasteiger partial charge is 0.455 e. The van der Waals surface area contributed by atoms with Crippen LogP contribution < -0.4 is 0 Å². The Labute approximate surface area is 291 Å². The van der Waals surface area contributed by atoms with Gasteiger partial charge in [-0.2, -0.15) is 0 Å². The summed E-state index contributed by atoms with van der Waals surface area (Å²) < 4.78 is 62.5. The number of furan rings is 1. The molecule has 0 saturated carbocycles. The number of hydrogen-bond donors (Lipinski definition) is 0. The highest BCUT2D eigenvalue weighted by Gasteiger charge is 2.21. The Kier molecular flexibility index (Phi) is 4.96. The SMILES string of the molecule is [2H]c1c([2H])c([2H])c2c(-c3cc(-c4cccc5ccccc45)oc3-c3cccc4ccccc34)c([2H])c([2H])c(-c3ccc4ccc5cccnc5c4n3)c2c1[2H]. The lowest BCUT2D eigenvalue weighted by Gasteiger charge is -2.13. The van der Waals surface area contributed by atoms with Gasteiger partial charge in [0, 0.05) is 39.2 Å². The van der Waals surface area contributed by atoms with Crippen LogP contribution in [0.4, 0.5) is 0 Å². The van der Waals surface area contributed by atoms with E-state index in [9.17, 15) is 5.48 Å². The number of nitrogens with zero attached hydrogens (tertiary/aromatic N) is 2. The van der Waals surface area contributed by atoms with E-state index in [0.717, 1.165) is 43.4 Å². The molecule has 228 valence electrons. The average Bonchev–Trinajstić information content (AvgIpc) is 3.66. The Morgan fingerprint density at radius 2 is 1.06 bits per heavy atom. The molecule has 0 aliphatic rings. The van der Waals surface area contributed by atoms with Crippen LogP contribution in [0.3, 0.4) is 0 Å². The Hall–Kier alpha value is -6.58. The van der Waals surface area contributed by atoms with Crippen LogP contribution in [0.15, 0.2) is 174 Å². The summed E-state index contributed by atoms with van der Waals surface area (Å²) in [5.74, 6) is 0.949. The van der Waals surface area contributed by atoms with Crippen molar-refractivity contribution in [2.75, 3.05) is 0 Å². The molecule has 0 radical (unpaired) electrons. The van der Waals surface area contributed by atoms with Crippen molar-refractivity contribution >= 4 is 54.1 Å². The third kappa shape index (κ3) is 4.44. The number of rotatable bonds is 4. The van der Waals surface area contributed by atoms with Gasteiger partial charge >= 0.3 is 0 Å². The second-order valence-corrected chi connectivity index (χ2v) is 12.1. The van der Waals surface area contributed by atoms with E-state index in [1.54, 1.807) is 12.3 Å². The molecule has 10 aromatic rings. The van der Waals surface area contributed by atoms with Crippen molar-refractivity contribution in [3.8, 4) is 45.0 Å². The predicted octanol–water partition coefficient (Wildman–Crippen LogP) is 12.5. The van der Waals surface area contributed by atoms with Gasteiger partial charge in [0.05, 0.1) is 25.0 Å². The van der Waals surface area contributed by atoms with E-state index in [4.69, 9.17) is 12.1 Å². The van der Waals surface area contributed by atoms with E-state index in [2.05, 4.69) is 4.98 Å². The zero-order chi connectivity index (χ0) is 37.5. The van der Waals surface area contributed by atoms with Gasteiger partial charge in [0.25, 0.3) is 0 Å². The molecule has 0 fully saturated rings. The summed E-state index contributed by atoms with van der Waals surface area (Å²) in [7, 11) is 0. The quantitative estimate of drug-likeness (QED) is 0.182. The standard InChI is InChI=1S/C46H28N2O/c1-3-15-33-29(10-1)12-7-19-39(33)43-28-41(46(49-43)40-20-8-13-30-11-2-4-16-34(30)40)37-24-25-38(36-18-6-5-17-35(36)37)42-26-23-32-22-21-31-14-9-27-47-44(31)45(32)48-42/h1-28H/i5D,6D,17D,18D,24D,25D. The molecular formula is C46H28N2O. The molecule has 3 aromatic heterocycles. The van der Waals surface area contributed by atoms with Crippen molar-refractivity contribution < 1.29 is 12.6 Å². The molecule has 3 nitrogen and oxygen atoms in total. The van der Waals surface area contributed by atoms with Crippen LogP contribution in [0.1, 0.15) is 8.22 Å². The smallest absolute Gasteiger partial charge is 0.143 e. The first kappa shape index (κ1) is 22.1. The third-order valence-corrected chi connectivity index (χ3v) is 9.28. The molecule has 0 N–H and O–H groups in total. The molecule has 0 aliphatic carbocycles. The fourth-order valence-corrected chi connectivity index (χ4v) is 6.97. The minimum Gasteiger partial charge on any atom is -0.455 e. The zero-order valence-electron chi connectivity index (χ0n) is 32.0. The minimum absolute atomic E-state index is 0.110. The van der Waals surface area contributed by atoms with Crippen LogP contribution >= 0.6 is 0 Å². The maximum atomic E-state index is 9.74. The lowest BCUT2D eigenvalue weighted by Crippen LogP contribution is -1.91. The van der Waals surface area contributed by atoms with Crippen molar-refractivity contribution in [1.29, 1.82) is 0 Å². The zero-order valence-corrected chi connectivity index (χ0v) is 26.0. The molecule has 0 unspecified atom stereocenters. The topological polar surface area (TPSA) is 38.9 Å². The molecule has 0 bridgehead atoms. The molecule has 0 aliphatic heterocycles. The van der Waals surface area contributed by atoms with Crippen molar-refractivity contribution in [1.82, 2.24) is 9.97 Å². The van der Waals surface area contributed by atoms with Gasteiger partial charge in [0.15, 0.2) is 0 Å². The summed E-state index contributed by atoms with van der Waals surface area (Å²) in [6.45, 7) is 0. The fraction of sp³-hybridized carbons (Fsp3) is 0. The molecule has 0 saturated heterocycles. The second-order valence-electron chi connectivity index (χ2n) is 12.1. The Bertz CT molecular complexity index is 3240. The Balaban J connectivity index is 1.34. The first-order chi connectivity index (χ1) is 26.8. The maximum Gasteiger partial charge on any atom is 0.143 e. The number of benzene rings is 7. The molecule has 10 rings (SSSR count). The highest BCUT2D eigenvalue weighted by Crippen LogP contribution is 2.45. The summed E-state index contributed by atoms with van der Waals surface area (Å²) in [5.41, 5.74) is 3.92. The fourth-order valence-electron chi connectivity index (χ4n) is 6.97. The summed E-state index contributed by atoms with van der Waals surface area (Å²) >= 11 is 0. The average molecular weight is 631 g/mol. The van der Waals surface area contributed by atoms with Gasteiger partial charge in [-0.15, -0.1) is 0 Å². The molecule has 3 heterocycles. The van der Waals surface area contributed by atoms with Gasteiger partial charge in [-0.05, 0) is 56.1 Å². The van der Waals surface area contributed by atoms with E-state index < -0.39 is 12.1 Å². The Morgan fingerprint density at radius 1 is 0.449 bits per heavy atom. The highest BCUT2D eigenvalue weighted by atomic mass is 16.3. The van der Waals surface area contributed by atoms with Crippen molar-refractivity contribution in [3.63, 3.8) is 0 Å². The van der Waals surface area contributed by atoms with E-state index in [0.29, 0.717) is 33.8 Å².